The van der Waals surface area contributed by atoms with Crippen LogP contribution in [0.5, 0.6) is 0 Å². The number of benzene rings is 2. The quantitative estimate of drug-likeness (QED) is 0.143. The molecule has 5 rings (SSSR count). The van der Waals surface area contributed by atoms with Crippen molar-refractivity contribution in [2.24, 2.45) is 0 Å². The first-order valence-electron chi connectivity index (χ1n) is 8.10. The first-order chi connectivity index (χ1) is 13.1. The van der Waals surface area contributed by atoms with Crippen molar-refractivity contribution < 1.29 is 0 Å². The third-order valence-corrected chi connectivity index (χ3v) is 9.42. The van der Waals surface area contributed by atoms with Gasteiger partial charge in [-0.1, -0.05) is 12.1 Å². The van der Waals surface area contributed by atoms with E-state index in [0.717, 1.165) is 31.3 Å². The molecule has 132 valence electrons. The zero-order valence-electron chi connectivity index (χ0n) is 13.7. The molecule has 1 nitrogen and oxygen atoms in total. The molecule has 0 N–H and O–H groups in total. The van der Waals surface area contributed by atoms with Crippen molar-refractivity contribution in [3.8, 4) is 20.9 Å². The smallest absolute Gasteiger partial charge is 0.195 e. The normalized spacial score (nSPS) is 11.5. The Morgan fingerprint density at radius 1 is 0.593 bits per heavy atom. The second-order valence-corrected chi connectivity index (χ2v) is 13.1. The molecule has 0 fully saturated rings. The molecular weight excluding hydrogens is 618 g/mol. The molecule has 0 saturated heterocycles. The van der Waals surface area contributed by atoms with Crippen molar-refractivity contribution in [3.05, 3.63) is 76.7 Å². The summed E-state index contributed by atoms with van der Waals surface area (Å²) >= 11 is 9.85. The highest BCUT2D eigenvalue weighted by Gasteiger charge is 2.11. The fourth-order valence-corrected chi connectivity index (χ4v) is 7.37. The number of rotatable bonds is 2. The third-order valence-electron chi connectivity index (χ3n) is 4.38. The lowest BCUT2D eigenvalue weighted by atomic mass is 10.1. The van der Waals surface area contributed by atoms with Crippen LogP contribution in [0.3, 0.4) is 0 Å². The lowest BCUT2D eigenvalue weighted by molar-refractivity contribution is 1.73. The van der Waals surface area contributed by atoms with E-state index in [1.54, 1.807) is 34.0 Å². The Kier molecular flexibility index (Phi) is 4.87. The number of hydrogen-bond donors (Lipinski definition) is 0. The Morgan fingerprint density at radius 3 is 1.48 bits per heavy atom. The molecule has 0 unspecified atom stereocenters. The maximum absolute atomic E-state index is 13.3. The highest BCUT2D eigenvalue weighted by atomic mass is 127. The van der Waals surface area contributed by atoms with Gasteiger partial charge in [0.1, 0.15) is 0 Å². The standard InChI is InChI=1S/C21H10I2OS3/c22-19-7-5-15(26-19)11-1-3-17-13(9-11)21(24)14-10-12(2-4-18(14)25-17)16-6-8-20(23)27-16/h1-10H. The topological polar surface area (TPSA) is 17.1 Å². The fraction of sp³-hybridized carbons (Fsp3) is 0. The van der Waals surface area contributed by atoms with E-state index < -0.39 is 0 Å². The van der Waals surface area contributed by atoms with Crippen LogP contribution < -0.4 is 5.43 Å². The first kappa shape index (κ1) is 18.2. The molecule has 0 aliphatic rings. The van der Waals surface area contributed by atoms with Crippen molar-refractivity contribution in [1.82, 2.24) is 0 Å². The van der Waals surface area contributed by atoms with Crippen LogP contribution in [0, 0.1) is 5.77 Å². The molecule has 3 heterocycles. The lowest BCUT2D eigenvalue weighted by Gasteiger charge is -2.05. The molecule has 0 aliphatic heterocycles. The van der Waals surface area contributed by atoms with Crippen LogP contribution in [0.15, 0.2) is 65.5 Å². The van der Waals surface area contributed by atoms with Gasteiger partial charge >= 0.3 is 0 Å². The van der Waals surface area contributed by atoms with Crippen LogP contribution in [0.1, 0.15) is 0 Å². The van der Waals surface area contributed by atoms with Crippen LogP contribution in [0.25, 0.3) is 41.1 Å². The SMILES string of the molecule is O=c1c2cc(-c3ccc(I)s3)ccc2sc2ccc(-c3ccc(I)s3)cc12. The largest absolute Gasteiger partial charge is 0.289 e. The maximum atomic E-state index is 13.3. The molecule has 5 aromatic rings. The minimum Gasteiger partial charge on any atom is -0.289 e. The summed E-state index contributed by atoms with van der Waals surface area (Å²) in [6.07, 6.45) is 0. The van der Waals surface area contributed by atoms with Gasteiger partial charge in [-0.25, -0.2) is 0 Å². The van der Waals surface area contributed by atoms with Crippen molar-refractivity contribution >= 4 is 99.4 Å². The molecule has 3 aromatic heterocycles. The van der Waals surface area contributed by atoms with Gasteiger partial charge in [0.25, 0.3) is 0 Å². The van der Waals surface area contributed by atoms with Gasteiger partial charge in [-0.2, -0.15) is 0 Å². The van der Waals surface area contributed by atoms with Gasteiger partial charge in [0.2, 0.25) is 0 Å². The van der Waals surface area contributed by atoms with Gasteiger partial charge in [-0.05, 0) is 105 Å². The van der Waals surface area contributed by atoms with Gasteiger partial charge in [0.15, 0.2) is 5.43 Å². The molecule has 6 heteroatoms. The van der Waals surface area contributed by atoms with Crippen molar-refractivity contribution in [2.45, 2.75) is 0 Å². The maximum Gasteiger partial charge on any atom is 0.195 e. The summed E-state index contributed by atoms with van der Waals surface area (Å²) in [5, 5.41) is 1.62. The minimum absolute atomic E-state index is 0.125. The summed E-state index contributed by atoms with van der Waals surface area (Å²) in [7, 11) is 0. The van der Waals surface area contributed by atoms with Gasteiger partial charge in [-0.3, -0.25) is 4.79 Å². The Labute approximate surface area is 195 Å². The molecule has 0 saturated carbocycles. The monoisotopic (exact) mass is 628 g/mol. The summed E-state index contributed by atoms with van der Waals surface area (Å²) in [6, 6.07) is 21.0. The second kappa shape index (κ2) is 7.22. The fourth-order valence-electron chi connectivity index (χ4n) is 3.10. The number of thiophene rings is 2. The molecule has 0 spiro atoms. The van der Waals surface area contributed by atoms with E-state index in [1.165, 1.54) is 15.5 Å². The zero-order valence-corrected chi connectivity index (χ0v) is 20.4. The van der Waals surface area contributed by atoms with Crippen molar-refractivity contribution in [2.75, 3.05) is 0 Å². The van der Waals surface area contributed by atoms with Crippen LogP contribution in [0.2, 0.25) is 0 Å². The van der Waals surface area contributed by atoms with E-state index in [-0.39, 0.29) is 5.43 Å². The predicted octanol–water partition coefficient (Wildman–Crippen LogP) is 8.08. The highest BCUT2D eigenvalue weighted by molar-refractivity contribution is 14.1. The molecule has 0 aliphatic carbocycles. The Morgan fingerprint density at radius 2 is 1.07 bits per heavy atom. The summed E-state index contributed by atoms with van der Waals surface area (Å²) in [6.45, 7) is 0. The Bertz CT molecular complexity index is 1280. The zero-order chi connectivity index (χ0) is 18.5. The van der Waals surface area contributed by atoms with Gasteiger partial charge < -0.3 is 0 Å². The van der Waals surface area contributed by atoms with Gasteiger partial charge in [0.05, 0.1) is 5.77 Å². The first-order valence-corrected chi connectivity index (χ1v) is 12.7. The number of hydrogen-bond acceptors (Lipinski definition) is 4. The summed E-state index contributed by atoms with van der Waals surface area (Å²) in [5.41, 5.74) is 2.35. The summed E-state index contributed by atoms with van der Waals surface area (Å²) < 4.78 is 4.59. The average Bonchev–Trinajstić information content (AvgIpc) is 3.30. The number of fused-ring (bicyclic) bond motifs is 2. The van der Waals surface area contributed by atoms with E-state index in [9.17, 15) is 4.79 Å². The van der Waals surface area contributed by atoms with E-state index >= 15 is 0 Å². The van der Waals surface area contributed by atoms with Crippen LogP contribution in [-0.2, 0) is 0 Å². The van der Waals surface area contributed by atoms with E-state index in [2.05, 4.69) is 106 Å². The van der Waals surface area contributed by atoms with E-state index in [1.807, 2.05) is 0 Å². The Balaban J connectivity index is 1.74. The van der Waals surface area contributed by atoms with E-state index in [0.29, 0.717) is 0 Å². The van der Waals surface area contributed by atoms with Crippen LogP contribution >= 0.6 is 79.2 Å². The van der Waals surface area contributed by atoms with Gasteiger partial charge in [0, 0.05) is 29.9 Å². The molecule has 0 atom stereocenters. The molecule has 0 radical (unpaired) electrons. The molecule has 0 amide bonds. The van der Waals surface area contributed by atoms with Crippen LogP contribution in [0.4, 0.5) is 0 Å². The summed E-state index contributed by atoms with van der Waals surface area (Å²) in [4.78, 5) is 15.7. The lowest BCUT2D eigenvalue weighted by Crippen LogP contribution is -2.01. The van der Waals surface area contributed by atoms with Gasteiger partial charge in [-0.15, -0.1) is 34.0 Å². The molecule has 2 aromatic carbocycles. The second-order valence-electron chi connectivity index (χ2n) is 6.06. The van der Waals surface area contributed by atoms with Crippen LogP contribution in [-0.4, -0.2) is 0 Å². The third kappa shape index (κ3) is 3.39. The molecular formula is C21H10I2OS3. The average molecular weight is 628 g/mol. The molecule has 27 heavy (non-hydrogen) atoms. The summed E-state index contributed by atoms with van der Waals surface area (Å²) in [5.74, 6) is 0. The molecule has 0 bridgehead atoms. The van der Waals surface area contributed by atoms with E-state index in [4.69, 9.17) is 0 Å². The number of halogens is 2. The minimum atomic E-state index is 0.125. The predicted molar refractivity (Wildman–Crippen MR) is 138 cm³/mol. The van der Waals surface area contributed by atoms with Crippen molar-refractivity contribution in [1.29, 1.82) is 0 Å². The highest BCUT2D eigenvalue weighted by Crippen LogP contribution is 2.35. The van der Waals surface area contributed by atoms with Crippen molar-refractivity contribution in [3.63, 3.8) is 0 Å². The Hall–Kier alpha value is -0.810.